The molecule has 2 atom stereocenters. The van der Waals surface area contributed by atoms with Crippen LogP contribution in [0.5, 0.6) is 0 Å². The molecule has 0 bridgehead atoms. The number of nitrogens with zero attached hydrogens (tertiary/aromatic N) is 3. The van der Waals surface area contributed by atoms with Crippen molar-refractivity contribution in [1.29, 1.82) is 5.26 Å². The summed E-state index contributed by atoms with van der Waals surface area (Å²) >= 11 is 0. The molecule has 2 fully saturated rings. The second-order valence-electron chi connectivity index (χ2n) is 4.97. The van der Waals surface area contributed by atoms with Crippen LogP contribution in [0.4, 0.5) is 0 Å². The van der Waals surface area contributed by atoms with Gasteiger partial charge >= 0.3 is 0 Å². The molecule has 0 amide bonds. The van der Waals surface area contributed by atoms with Gasteiger partial charge in [-0.3, -0.25) is 0 Å². The van der Waals surface area contributed by atoms with Gasteiger partial charge < -0.3 is 9.84 Å². The standard InChI is InChI=1S/C12H16N4O/c13-6-9-2-1-3-10(9)14-7-11-15-12(16-17-11)8-4-5-8/h8-10,14H,1-5,7H2/t9-,10-/m1/s1. The Morgan fingerprint density at radius 3 is 3.00 bits per heavy atom. The maximum absolute atomic E-state index is 8.98. The van der Waals surface area contributed by atoms with Crippen molar-refractivity contribution in [3.63, 3.8) is 0 Å². The summed E-state index contributed by atoms with van der Waals surface area (Å²) in [5.41, 5.74) is 0. The molecule has 2 aliphatic rings. The highest BCUT2D eigenvalue weighted by Crippen LogP contribution is 2.38. The summed E-state index contributed by atoms with van der Waals surface area (Å²) in [6.45, 7) is 0.586. The second kappa shape index (κ2) is 4.46. The average molecular weight is 232 g/mol. The molecule has 2 saturated carbocycles. The van der Waals surface area contributed by atoms with Crippen LogP contribution in [0.2, 0.25) is 0 Å². The third kappa shape index (κ3) is 2.32. The van der Waals surface area contributed by atoms with Crippen molar-refractivity contribution in [3.8, 4) is 6.07 Å². The Morgan fingerprint density at radius 2 is 2.24 bits per heavy atom. The lowest BCUT2D eigenvalue weighted by Gasteiger charge is -2.13. The Morgan fingerprint density at radius 1 is 1.35 bits per heavy atom. The van der Waals surface area contributed by atoms with Crippen LogP contribution < -0.4 is 5.32 Å². The molecule has 5 nitrogen and oxygen atoms in total. The summed E-state index contributed by atoms with van der Waals surface area (Å²) in [5, 5.41) is 16.3. The van der Waals surface area contributed by atoms with Crippen molar-refractivity contribution in [3.05, 3.63) is 11.7 Å². The van der Waals surface area contributed by atoms with Crippen LogP contribution in [0.25, 0.3) is 0 Å². The number of aromatic nitrogens is 2. The van der Waals surface area contributed by atoms with Gasteiger partial charge in [0, 0.05) is 12.0 Å². The molecule has 0 aliphatic heterocycles. The molecule has 3 rings (SSSR count). The minimum absolute atomic E-state index is 0.140. The number of rotatable bonds is 4. The SMILES string of the molecule is N#C[C@H]1CCC[C@H]1NCc1nc(C2CC2)no1. The topological polar surface area (TPSA) is 74.7 Å². The van der Waals surface area contributed by atoms with Crippen LogP contribution in [0.1, 0.15) is 49.7 Å². The second-order valence-corrected chi connectivity index (χ2v) is 4.97. The first kappa shape index (κ1) is 10.7. The molecule has 1 aromatic heterocycles. The van der Waals surface area contributed by atoms with E-state index < -0.39 is 0 Å². The van der Waals surface area contributed by atoms with E-state index in [0.29, 0.717) is 18.4 Å². The first-order valence-electron chi connectivity index (χ1n) is 6.32. The molecular formula is C12H16N4O. The largest absolute Gasteiger partial charge is 0.338 e. The highest BCUT2D eigenvalue weighted by atomic mass is 16.5. The molecule has 0 spiro atoms. The smallest absolute Gasteiger partial charge is 0.240 e. The summed E-state index contributed by atoms with van der Waals surface area (Å²) in [5.74, 6) is 2.17. The number of hydrogen-bond donors (Lipinski definition) is 1. The zero-order valence-electron chi connectivity index (χ0n) is 9.72. The van der Waals surface area contributed by atoms with Crippen LogP contribution in [-0.2, 0) is 6.54 Å². The minimum atomic E-state index is 0.140. The van der Waals surface area contributed by atoms with E-state index in [1.165, 1.54) is 12.8 Å². The monoisotopic (exact) mass is 232 g/mol. The minimum Gasteiger partial charge on any atom is -0.338 e. The van der Waals surface area contributed by atoms with Crippen molar-refractivity contribution in [2.75, 3.05) is 0 Å². The molecule has 1 heterocycles. The number of nitrogens with one attached hydrogen (secondary N) is 1. The molecule has 0 unspecified atom stereocenters. The normalized spacial score (nSPS) is 28.2. The molecular weight excluding hydrogens is 216 g/mol. The van der Waals surface area contributed by atoms with E-state index in [9.17, 15) is 0 Å². The van der Waals surface area contributed by atoms with Crippen LogP contribution in [0.3, 0.4) is 0 Å². The van der Waals surface area contributed by atoms with Gasteiger partial charge in [0.15, 0.2) is 5.82 Å². The molecule has 2 aliphatic carbocycles. The van der Waals surface area contributed by atoms with E-state index in [4.69, 9.17) is 9.78 Å². The van der Waals surface area contributed by atoms with E-state index >= 15 is 0 Å². The molecule has 0 radical (unpaired) electrons. The van der Waals surface area contributed by atoms with Gasteiger partial charge in [-0.05, 0) is 25.7 Å². The Hall–Kier alpha value is -1.41. The summed E-state index contributed by atoms with van der Waals surface area (Å²) in [6.07, 6.45) is 5.58. The lowest BCUT2D eigenvalue weighted by molar-refractivity contribution is 0.346. The fourth-order valence-corrected chi connectivity index (χ4v) is 2.42. The van der Waals surface area contributed by atoms with Crippen LogP contribution >= 0.6 is 0 Å². The van der Waals surface area contributed by atoms with Gasteiger partial charge in [0.25, 0.3) is 0 Å². The third-order valence-electron chi connectivity index (χ3n) is 3.62. The third-order valence-corrected chi connectivity index (χ3v) is 3.62. The molecule has 5 heteroatoms. The van der Waals surface area contributed by atoms with Crippen molar-refractivity contribution in [2.45, 2.75) is 50.6 Å². The Kier molecular flexibility index (Phi) is 2.81. The van der Waals surface area contributed by atoms with E-state index in [1.54, 1.807) is 0 Å². The highest BCUT2D eigenvalue weighted by molar-refractivity contribution is 5.03. The number of nitriles is 1. The first-order chi connectivity index (χ1) is 8.36. The first-order valence-corrected chi connectivity index (χ1v) is 6.32. The molecule has 1 aromatic rings. The molecule has 0 saturated heterocycles. The molecule has 17 heavy (non-hydrogen) atoms. The van der Waals surface area contributed by atoms with Gasteiger partial charge in [-0.25, -0.2) is 0 Å². The van der Waals surface area contributed by atoms with Crippen LogP contribution in [0, 0.1) is 17.2 Å². The van der Waals surface area contributed by atoms with Gasteiger partial charge in [-0.1, -0.05) is 11.6 Å². The predicted octanol–water partition coefficient (Wildman–Crippen LogP) is 1.73. The van der Waals surface area contributed by atoms with Crippen molar-refractivity contribution < 1.29 is 4.52 Å². The Bertz CT molecular complexity index is 432. The predicted molar refractivity (Wildman–Crippen MR) is 59.9 cm³/mol. The quantitative estimate of drug-likeness (QED) is 0.855. The Balaban J connectivity index is 1.54. The van der Waals surface area contributed by atoms with E-state index in [-0.39, 0.29) is 12.0 Å². The van der Waals surface area contributed by atoms with E-state index in [2.05, 4.69) is 21.5 Å². The lowest BCUT2D eigenvalue weighted by Crippen LogP contribution is -2.31. The fourth-order valence-electron chi connectivity index (χ4n) is 2.42. The molecule has 1 N–H and O–H groups in total. The maximum atomic E-state index is 8.98. The van der Waals surface area contributed by atoms with Gasteiger partial charge in [0.05, 0.1) is 18.5 Å². The zero-order chi connectivity index (χ0) is 11.7. The summed E-state index contributed by atoms with van der Waals surface area (Å²) in [4.78, 5) is 4.36. The van der Waals surface area contributed by atoms with Gasteiger partial charge in [-0.15, -0.1) is 0 Å². The summed E-state index contributed by atoms with van der Waals surface area (Å²) < 4.78 is 5.19. The Labute approximate surface area is 100 Å². The lowest BCUT2D eigenvalue weighted by atomic mass is 10.1. The van der Waals surface area contributed by atoms with Crippen molar-refractivity contribution in [2.24, 2.45) is 5.92 Å². The van der Waals surface area contributed by atoms with E-state index in [1.807, 2.05) is 0 Å². The maximum Gasteiger partial charge on any atom is 0.240 e. The van der Waals surface area contributed by atoms with Gasteiger partial charge in [-0.2, -0.15) is 10.2 Å². The number of hydrogen-bond acceptors (Lipinski definition) is 5. The van der Waals surface area contributed by atoms with Gasteiger partial charge in [0.1, 0.15) is 0 Å². The summed E-state index contributed by atoms with van der Waals surface area (Å²) in [7, 11) is 0. The van der Waals surface area contributed by atoms with Crippen LogP contribution in [-0.4, -0.2) is 16.2 Å². The van der Waals surface area contributed by atoms with Crippen molar-refractivity contribution in [1.82, 2.24) is 15.5 Å². The van der Waals surface area contributed by atoms with Gasteiger partial charge in [0.2, 0.25) is 5.89 Å². The van der Waals surface area contributed by atoms with Crippen LogP contribution in [0.15, 0.2) is 4.52 Å². The fraction of sp³-hybridized carbons (Fsp3) is 0.750. The van der Waals surface area contributed by atoms with E-state index in [0.717, 1.165) is 25.1 Å². The molecule has 90 valence electrons. The van der Waals surface area contributed by atoms with Crippen molar-refractivity contribution >= 4 is 0 Å². The average Bonchev–Trinajstić information content (AvgIpc) is 2.93. The summed E-state index contributed by atoms with van der Waals surface area (Å²) in [6, 6.07) is 2.64. The molecule has 0 aromatic carbocycles. The zero-order valence-corrected chi connectivity index (χ0v) is 9.72. The highest BCUT2D eigenvalue weighted by Gasteiger charge is 2.30.